The first-order valence-electron chi connectivity index (χ1n) is 9.83. The van der Waals surface area contributed by atoms with E-state index in [1.54, 1.807) is 29.0 Å². The minimum absolute atomic E-state index is 0.0941. The van der Waals surface area contributed by atoms with Crippen molar-refractivity contribution in [2.45, 2.75) is 26.3 Å². The second kappa shape index (κ2) is 7.81. The van der Waals surface area contributed by atoms with Crippen molar-refractivity contribution >= 4 is 38.7 Å². The predicted molar refractivity (Wildman–Crippen MR) is 117 cm³/mol. The van der Waals surface area contributed by atoms with Crippen LogP contribution >= 0.6 is 22.7 Å². The molecule has 1 unspecified atom stereocenters. The predicted octanol–water partition coefficient (Wildman–Crippen LogP) is 4.25. The zero-order valence-electron chi connectivity index (χ0n) is 16.4. The van der Waals surface area contributed by atoms with Crippen LogP contribution in [0.2, 0.25) is 0 Å². The van der Waals surface area contributed by atoms with E-state index in [1.807, 2.05) is 17.5 Å². The van der Waals surface area contributed by atoms with Crippen molar-refractivity contribution in [2.75, 3.05) is 31.1 Å². The number of hydrogen-bond donors (Lipinski definition) is 0. The maximum atomic E-state index is 5.56. The van der Waals surface area contributed by atoms with E-state index in [0.29, 0.717) is 11.7 Å². The summed E-state index contributed by atoms with van der Waals surface area (Å²) in [5.74, 6) is 2.40. The van der Waals surface area contributed by atoms with E-state index in [2.05, 4.69) is 49.8 Å². The third-order valence-electron chi connectivity index (χ3n) is 5.41. The van der Waals surface area contributed by atoms with Crippen molar-refractivity contribution in [1.29, 1.82) is 0 Å². The summed E-state index contributed by atoms with van der Waals surface area (Å²) in [6.45, 7) is 8.00. The molecular formula is C20H22N6OS2. The lowest BCUT2D eigenvalue weighted by Gasteiger charge is -2.37. The van der Waals surface area contributed by atoms with Crippen LogP contribution in [-0.2, 0) is 6.42 Å². The molecule has 4 aromatic heterocycles. The molecule has 0 aromatic carbocycles. The Balaban J connectivity index is 1.29. The lowest BCUT2D eigenvalue weighted by molar-refractivity contribution is 0.164. The van der Waals surface area contributed by atoms with E-state index in [4.69, 9.17) is 4.52 Å². The van der Waals surface area contributed by atoms with Gasteiger partial charge in [-0.25, -0.2) is 9.97 Å². The van der Waals surface area contributed by atoms with Gasteiger partial charge in [0.15, 0.2) is 0 Å². The minimum atomic E-state index is 0.0941. The second-order valence-electron chi connectivity index (χ2n) is 7.11. The molecular weight excluding hydrogens is 404 g/mol. The SMILES string of the molecule is CCc1cc2c(N3CCN(C(C)c4nc(-c5cccs5)no4)CC3)ncnc2s1. The summed E-state index contributed by atoms with van der Waals surface area (Å²) in [5, 5.41) is 7.35. The lowest BCUT2D eigenvalue weighted by Crippen LogP contribution is -2.47. The Kier molecular flexibility index (Phi) is 5.03. The Morgan fingerprint density at radius 2 is 2.07 bits per heavy atom. The number of hydrogen-bond acceptors (Lipinski definition) is 9. The van der Waals surface area contributed by atoms with Gasteiger partial charge in [-0.1, -0.05) is 18.1 Å². The van der Waals surface area contributed by atoms with Gasteiger partial charge < -0.3 is 9.42 Å². The highest BCUT2D eigenvalue weighted by Gasteiger charge is 2.27. The smallest absolute Gasteiger partial charge is 0.244 e. The number of anilines is 1. The number of fused-ring (bicyclic) bond motifs is 1. The van der Waals surface area contributed by atoms with Crippen LogP contribution in [0.3, 0.4) is 0 Å². The number of thiophene rings is 2. The molecule has 0 saturated carbocycles. The van der Waals surface area contributed by atoms with Gasteiger partial charge in [0.2, 0.25) is 11.7 Å². The fourth-order valence-corrected chi connectivity index (χ4v) is 5.29. The second-order valence-corrected chi connectivity index (χ2v) is 9.18. The molecule has 29 heavy (non-hydrogen) atoms. The van der Waals surface area contributed by atoms with Crippen molar-refractivity contribution in [3.63, 3.8) is 0 Å². The van der Waals surface area contributed by atoms with Crippen LogP contribution in [0.4, 0.5) is 5.82 Å². The molecule has 5 heterocycles. The summed E-state index contributed by atoms with van der Waals surface area (Å²) >= 11 is 3.39. The average molecular weight is 427 g/mol. The van der Waals surface area contributed by atoms with Crippen LogP contribution in [0.15, 0.2) is 34.4 Å². The van der Waals surface area contributed by atoms with Crippen molar-refractivity contribution < 1.29 is 4.52 Å². The summed E-state index contributed by atoms with van der Waals surface area (Å²) < 4.78 is 5.56. The fourth-order valence-electron chi connectivity index (χ4n) is 3.71. The Morgan fingerprint density at radius 1 is 1.21 bits per heavy atom. The summed E-state index contributed by atoms with van der Waals surface area (Å²) in [6, 6.07) is 6.35. The van der Waals surface area contributed by atoms with Crippen LogP contribution in [0.1, 0.15) is 30.7 Å². The van der Waals surface area contributed by atoms with Crippen LogP contribution in [0, 0.1) is 0 Å². The number of aryl methyl sites for hydroxylation is 1. The molecule has 1 aliphatic heterocycles. The van der Waals surface area contributed by atoms with Crippen molar-refractivity contribution in [3.05, 3.63) is 40.7 Å². The van der Waals surface area contributed by atoms with Gasteiger partial charge in [-0.2, -0.15) is 4.98 Å². The third-order valence-corrected chi connectivity index (χ3v) is 7.46. The van der Waals surface area contributed by atoms with Crippen LogP contribution < -0.4 is 4.90 Å². The third kappa shape index (κ3) is 3.54. The molecule has 1 saturated heterocycles. The molecule has 0 N–H and O–H groups in total. The topological polar surface area (TPSA) is 71.2 Å². The van der Waals surface area contributed by atoms with Gasteiger partial charge in [0.25, 0.3) is 0 Å². The fraction of sp³-hybridized carbons (Fsp3) is 0.400. The van der Waals surface area contributed by atoms with Crippen molar-refractivity contribution in [2.24, 2.45) is 0 Å². The normalized spacial score (nSPS) is 16.6. The molecule has 7 nitrogen and oxygen atoms in total. The summed E-state index contributed by atoms with van der Waals surface area (Å²) in [7, 11) is 0. The van der Waals surface area contributed by atoms with Crippen molar-refractivity contribution in [1.82, 2.24) is 25.0 Å². The van der Waals surface area contributed by atoms with Crippen LogP contribution in [0.5, 0.6) is 0 Å². The number of aromatic nitrogens is 4. The molecule has 5 rings (SSSR count). The lowest BCUT2D eigenvalue weighted by atomic mass is 10.2. The quantitative estimate of drug-likeness (QED) is 0.472. The standard InChI is InChI=1S/C20H22N6OS2/c1-3-14-11-15-18(21-12-22-20(15)29-14)26-8-6-25(7-9-26)13(2)19-23-17(24-27-19)16-5-4-10-28-16/h4-5,10-13H,3,6-9H2,1-2H3. The van der Waals surface area contributed by atoms with Gasteiger partial charge in [-0.05, 0) is 30.9 Å². The molecule has 0 radical (unpaired) electrons. The van der Waals surface area contributed by atoms with E-state index in [9.17, 15) is 0 Å². The van der Waals surface area contributed by atoms with Crippen LogP contribution in [-0.4, -0.2) is 51.2 Å². The molecule has 1 aliphatic rings. The maximum absolute atomic E-state index is 5.56. The number of piperazine rings is 1. The Bertz CT molecular complexity index is 1100. The summed E-state index contributed by atoms with van der Waals surface area (Å²) in [5.41, 5.74) is 0. The first kappa shape index (κ1) is 18.7. The van der Waals surface area contributed by atoms with E-state index in [1.165, 1.54) is 10.3 Å². The van der Waals surface area contributed by atoms with E-state index < -0.39 is 0 Å². The van der Waals surface area contributed by atoms with Gasteiger partial charge in [-0.3, -0.25) is 4.90 Å². The molecule has 0 spiro atoms. The largest absolute Gasteiger partial charge is 0.353 e. The highest BCUT2D eigenvalue weighted by molar-refractivity contribution is 7.18. The molecule has 0 bridgehead atoms. The molecule has 150 valence electrons. The first-order chi connectivity index (χ1) is 14.2. The van der Waals surface area contributed by atoms with Gasteiger partial charge in [0, 0.05) is 31.1 Å². The molecule has 9 heteroatoms. The Hall–Kier alpha value is -2.36. The van der Waals surface area contributed by atoms with Gasteiger partial charge in [0.05, 0.1) is 16.3 Å². The number of rotatable bonds is 5. The van der Waals surface area contributed by atoms with E-state index in [-0.39, 0.29) is 6.04 Å². The number of nitrogens with zero attached hydrogens (tertiary/aromatic N) is 6. The van der Waals surface area contributed by atoms with Crippen LogP contribution in [0.25, 0.3) is 20.9 Å². The monoisotopic (exact) mass is 426 g/mol. The van der Waals surface area contributed by atoms with Crippen molar-refractivity contribution in [3.8, 4) is 10.7 Å². The average Bonchev–Trinajstić information content (AvgIpc) is 3.52. The van der Waals surface area contributed by atoms with E-state index in [0.717, 1.165) is 48.1 Å². The van der Waals surface area contributed by atoms with Gasteiger partial charge in [0.1, 0.15) is 17.0 Å². The van der Waals surface area contributed by atoms with Gasteiger partial charge >= 0.3 is 0 Å². The zero-order valence-corrected chi connectivity index (χ0v) is 18.0. The molecule has 0 aliphatic carbocycles. The maximum Gasteiger partial charge on any atom is 0.244 e. The summed E-state index contributed by atoms with van der Waals surface area (Å²) in [6.07, 6.45) is 2.72. The van der Waals surface area contributed by atoms with Gasteiger partial charge in [-0.15, -0.1) is 22.7 Å². The Labute approximate surface area is 177 Å². The zero-order chi connectivity index (χ0) is 19.8. The van der Waals surface area contributed by atoms with E-state index >= 15 is 0 Å². The molecule has 1 atom stereocenters. The molecule has 0 amide bonds. The molecule has 1 fully saturated rings. The highest BCUT2D eigenvalue weighted by Crippen LogP contribution is 2.32. The summed E-state index contributed by atoms with van der Waals surface area (Å²) in [4.78, 5) is 21.9. The Morgan fingerprint density at radius 3 is 2.83 bits per heavy atom. The molecule has 4 aromatic rings. The highest BCUT2D eigenvalue weighted by atomic mass is 32.1. The minimum Gasteiger partial charge on any atom is -0.353 e. The first-order valence-corrected chi connectivity index (χ1v) is 11.5.